The number of thiol groups is 1. The molecule has 13 heavy (non-hydrogen) atoms. The van der Waals surface area contributed by atoms with Gasteiger partial charge in [-0.05, 0) is 38.5 Å². The van der Waals surface area contributed by atoms with Gasteiger partial charge in [0.25, 0.3) is 0 Å². The maximum absolute atomic E-state index is 11.3. The maximum atomic E-state index is 11.3. The molecule has 0 heterocycles. The van der Waals surface area contributed by atoms with Gasteiger partial charge in [0.05, 0.1) is 0 Å². The molecule has 1 rings (SSSR count). The third kappa shape index (κ3) is 2.13. The van der Waals surface area contributed by atoms with Crippen LogP contribution in [-0.4, -0.2) is 5.78 Å². The second-order valence-electron chi connectivity index (χ2n) is 3.73. The molecule has 0 N–H and O–H groups in total. The Hall–Kier alpha value is -0.760. The van der Waals surface area contributed by atoms with Gasteiger partial charge in [-0.2, -0.15) is 0 Å². The molecule has 0 fully saturated rings. The summed E-state index contributed by atoms with van der Waals surface area (Å²) in [6.07, 6.45) is 0. The van der Waals surface area contributed by atoms with Crippen LogP contribution < -0.4 is 0 Å². The molecule has 0 aromatic heterocycles. The molecule has 0 aliphatic carbocycles. The molecule has 1 nitrogen and oxygen atoms in total. The molecule has 70 valence electrons. The van der Waals surface area contributed by atoms with Gasteiger partial charge >= 0.3 is 0 Å². The standard InChI is InChI=1S/C11H14OS/c1-8(12)11(2,3)9-4-6-10(13)7-5-9/h4-7,13H,1-3H3. The van der Waals surface area contributed by atoms with Gasteiger partial charge in [-0.3, -0.25) is 4.79 Å². The Kier molecular flexibility index (Phi) is 2.81. The molecule has 0 amide bonds. The molecule has 0 aliphatic rings. The third-order valence-electron chi connectivity index (χ3n) is 2.47. The highest BCUT2D eigenvalue weighted by Crippen LogP contribution is 2.24. The smallest absolute Gasteiger partial charge is 0.139 e. The SMILES string of the molecule is CC(=O)C(C)(C)c1ccc(S)cc1. The van der Waals surface area contributed by atoms with Gasteiger partial charge in [0.15, 0.2) is 0 Å². The molecule has 1 aromatic carbocycles. The number of ketones is 1. The minimum atomic E-state index is -0.387. The van der Waals surface area contributed by atoms with Crippen LogP contribution in [0.5, 0.6) is 0 Å². The fourth-order valence-corrected chi connectivity index (χ4v) is 1.23. The van der Waals surface area contributed by atoms with Crippen LogP contribution in [0.2, 0.25) is 0 Å². The van der Waals surface area contributed by atoms with E-state index < -0.39 is 0 Å². The lowest BCUT2D eigenvalue weighted by Gasteiger charge is -2.21. The molecule has 0 saturated heterocycles. The number of rotatable bonds is 2. The fourth-order valence-electron chi connectivity index (χ4n) is 1.08. The van der Waals surface area contributed by atoms with Crippen LogP contribution in [-0.2, 0) is 10.2 Å². The van der Waals surface area contributed by atoms with Crippen LogP contribution in [0.1, 0.15) is 26.3 Å². The van der Waals surface area contributed by atoms with Crippen molar-refractivity contribution in [2.75, 3.05) is 0 Å². The molecule has 0 bridgehead atoms. The first kappa shape index (κ1) is 10.3. The number of Topliss-reactive ketones (excluding diaryl/α,β-unsaturated/α-hetero) is 1. The predicted octanol–water partition coefficient (Wildman–Crippen LogP) is 2.84. The van der Waals surface area contributed by atoms with Crippen LogP contribution in [0.4, 0.5) is 0 Å². The quantitative estimate of drug-likeness (QED) is 0.716. The molecule has 0 spiro atoms. The zero-order valence-electron chi connectivity index (χ0n) is 8.16. The van der Waals surface area contributed by atoms with Gasteiger partial charge in [0.1, 0.15) is 5.78 Å². The average Bonchev–Trinajstić information content (AvgIpc) is 2.04. The number of carbonyl (C=O) groups excluding carboxylic acids is 1. The van der Waals surface area contributed by atoms with Gasteiger partial charge in [-0.15, -0.1) is 12.6 Å². The van der Waals surface area contributed by atoms with E-state index >= 15 is 0 Å². The highest BCUT2D eigenvalue weighted by atomic mass is 32.1. The number of carbonyl (C=O) groups is 1. The van der Waals surface area contributed by atoms with E-state index in [1.165, 1.54) is 0 Å². The van der Waals surface area contributed by atoms with Gasteiger partial charge in [-0.25, -0.2) is 0 Å². The van der Waals surface area contributed by atoms with Crippen molar-refractivity contribution < 1.29 is 4.79 Å². The maximum Gasteiger partial charge on any atom is 0.139 e. The summed E-state index contributed by atoms with van der Waals surface area (Å²) in [5.41, 5.74) is 0.652. The Bertz CT molecular complexity index is 311. The van der Waals surface area contributed by atoms with Gasteiger partial charge in [0.2, 0.25) is 0 Å². The fraction of sp³-hybridized carbons (Fsp3) is 0.364. The summed E-state index contributed by atoms with van der Waals surface area (Å²) in [5.74, 6) is 0.180. The molecular formula is C11H14OS. The van der Waals surface area contributed by atoms with Gasteiger partial charge in [-0.1, -0.05) is 12.1 Å². The molecule has 0 saturated carbocycles. The normalized spacial score (nSPS) is 11.4. The summed E-state index contributed by atoms with van der Waals surface area (Å²) in [6, 6.07) is 7.71. The van der Waals surface area contributed by atoms with Crippen molar-refractivity contribution in [3.05, 3.63) is 29.8 Å². The van der Waals surface area contributed by atoms with E-state index in [1.54, 1.807) is 6.92 Å². The summed E-state index contributed by atoms with van der Waals surface area (Å²) in [4.78, 5) is 12.3. The molecule has 0 atom stereocenters. The van der Waals surface area contributed by atoms with Crippen LogP contribution in [0, 0.1) is 0 Å². The molecular weight excluding hydrogens is 180 g/mol. The van der Waals surface area contributed by atoms with E-state index in [-0.39, 0.29) is 11.2 Å². The number of hydrogen-bond acceptors (Lipinski definition) is 2. The van der Waals surface area contributed by atoms with Crippen molar-refractivity contribution in [1.29, 1.82) is 0 Å². The Morgan fingerprint density at radius 3 is 2.08 bits per heavy atom. The monoisotopic (exact) mass is 194 g/mol. The summed E-state index contributed by atoms with van der Waals surface area (Å²) in [6.45, 7) is 5.49. The minimum Gasteiger partial charge on any atom is -0.299 e. The van der Waals surface area contributed by atoms with Gasteiger partial charge < -0.3 is 0 Å². The average molecular weight is 194 g/mol. The van der Waals surface area contributed by atoms with Crippen molar-refractivity contribution in [1.82, 2.24) is 0 Å². The van der Waals surface area contributed by atoms with E-state index in [2.05, 4.69) is 12.6 Å². The summed E-state index contributed by atoms with van der Waals surface area (Å²) < 4.78 is 0. The highest BCUT2D eigenvalue weighted by molar-refractivity contribution is 7.80. The Morgan fingerprint density at radius 2 is 1.69 bits per heavy atom. The second-order valence-corrected chi connectivity index (χ2v) is 4.24. The van der Waals surface area contributed by atoms with Crippen molar-refractivity contribution in [3.8, 4) is 0 Å². The van der Waals surface area contributed by atoms with E-state index in [4.69, 9.17) is 0 Å². The first-order valence-electron chi connectivity index (χ1n) is 4.25. The largest absolute Gasteiger partial charge is 0.299 e. The lowest BCUT2D eigenvalue weighted by atomic mass is 9.81. The first-order chi connectivity index (χ1) is 5.94. The molecule has 2 heteroatoms. The second kappa shape index (κ2) is 3.54. The van der Waals surface area contributed by atoms with E-state index in [0.717, 1.165) is 10.5 Å². The summed E-state index contributed by atoms with van der Waals surface area (Å²) in [5, 5.41) is 0. The van der Waals surface area contributed by atoms with Crippen LogP contribution in [0.15, 0.2) is 29.2 Å². The van der Waals surface area contributed by atoms with Crippen molar-refractivity contribution in [2.24, 2.45) is 0 Å². The third-order valence-corrected chi connectivity index (χ3v) is 2.77. The summed E-state index contributed by atoms with van der Waals surface area (Å²) >= 11 is 4.19. The molecule has 0 radical (unpaired) electrons. The van der Waals surface area contributed by atoms with Gasteiger partial charge in [0, 0.05) is 10.3 Å². The predicted molar refractivity (Wildman–Crippen MR) is 57.4 cm³/mol. The molecule has 0 aliphatic heterocycles. The zero-order chi connectivity index (χ0) is 10.1. The Balaban J connectivity index is 3.08. The van der Waals surface area contributed by atoms with Crippen molar-refractivity contribution in [2.45, 2.75) is 31.1 Å². The van der Waals surface area contributed by atoms with Crippen molar-refractivity contribution >= 4 is 18.4 Å². The minimum absolute atomic E-state index is 0.180. The zero-order valence-corrected chi connectivity index (χ0v) is 9.06. The summed E-state index contributed by atoms with van der Waals surface area (Å²) in [7, 11) is 0. The lowest BCUT2D eigenvalue weighted by molar-refractivity contribution is -0.121. The molecule has 1 aromatic rings. The Labute approximate surface area is 84.6 Å². The van der Waals surface area contributed by atoms with E-state index in [0.29, 0.717) is 0 Å². The number of hydrogen-bond donors (Lipinski definition) is 1. The highest BCUT2D eigenvalue weighted by Gasteiger charge is 2.25. The van der Waals surface area contributed by atoms with E-state index in [9.17, 15) is 4.79 Å². The first-order valence-corrected chi connectivity index (χ1v) is 4.70. The van der Waals surface area contributed by atoms with E-state index in [1.807, 2.05) is 38.1 Å². The van der Waals surface area contributed by atoms with Crippen molar-refractivity contribution in [3.63, 3.8) is 0 Å². The van der Waals surface area contributed by atoms with Crippen LogP contribution >= 0.6 is 12.6 Å². The number of benzene rings is 1. The lowest BCUT2D eigenvalue weighted by Crippen LogP contribution is -2.26. The van der Waals surface area contributed by atoms with Crippen LogP contribution in [0.25, 0.3) is 0 Å². The Morgan fingerprint density at radius 1 is 1.23 bits per heavy atom. The topological polar surface area (TPSA) is 17.1 Å². The van der Waals surface area contributed by atoms with Crippen LogP contribution in [0.3, 0.4) is 0 Å². The molecule has 0 unspecified atom stereocenters.